The Labute approximate surface area is 273 Å². The van der Waals surface area contributed by atoms with Crippen molar-refractivity contribution in [1.29, 1.82) is 0 Å². The van der Waals surface area contributed by atoms with E-state index in [0.717, 1.165) is 0 Å². The molecule has 0 amide bonds. The van der Waals surface area contributed by atoms with E-state index in [1.165, 1.54) is 81.5 Å². The lowest BCUT2D eigenvalue weighted by Gasteiger charge is -2.36. The molecular weight excluding hydrogens is 561 g/mol. The smallest absolute Gasteiger partial charge is 0.249 e. The summed E-state index contributed by atoms with van der Waals surface area (Å²) in [7, 11) is 0. The first-order valence-corrected chi connectivity index (χ1v) is 17.2. The average Bonchev–Trinajstić information content (AvgIpc) is 3.33. The molecule has 0 fully saturated rings. The Kier molecular flexibility index (Phi) is 6.02. The van der Waals surface area contributed by atoms with Gasteiger partial charge in [-0.3, -0.25) is 0 Å². The lowest BCUT2D eigenvalue weighted by molar-refractivity contribution is 0.588. The summed E-state index contributed by atoms with van der Waals surface area (Å²) in [6.45, 7) is 21.1. The van der Waals surface area contributed by atoms with Gasteiger partial charge < -0.3 is 4.57 Å². The number of nitrogens with zero attached hydrogens (tertiary/aromatic N) is 1. The van der Waals surface area contributed by atoms with Crippen molar-refractivity contribution in [3.05, 3.63) is 108 Å². The van der Waals surface area contributed by atoms with E-state index in [2.05, 4.69) is 158 Å². The van der Waals surface area contributed by atoms with Crippen molar-refractivity contribution < 1.29 is 0 Å². The van der Waals surface area contributed by atoms with Crippen molar-refractivity contribution in [2.75, 3.05) is 0 Å². The van der Waals surface area contributed by atoms with Crippen LogP contribution in [0.25, 0.3) is 38.6 Å². The maximum atomic E-state index is 2.64. The lowest BCUT2D eigenvalue weighted by Crippen LogP contribution is -2.59. The molecule has 0 spiro atoms. The van der Waals surface area contributed by atoms with Crippen LogP contribution in [0.15, 0.2) is 101 Å². The van der Waals surface area contributed by atoms with Gasteiger partial charge in [0.05, 0.1) is 5.52 Å². The molecule has 5 aromatic carbocycles. The molecule has 6 aromatic rings. The third-order valence-corrected chi connectivity index (χ3v) is 11.3. The predicted molar refractivity (Wildman–Crippen MR) is 198 cm³/mol. The van der Waals surface area contributed by atoms with Crippen LogP contribution in [-0.4, -0.2) is 11.3 Å². The minimum atomic E-state index is 0.0304. The summed E-state index contributed by atoms with van der Waals surface area (Å²) >= 11 is 1.96. The minimum Gasteiger partial charge on any atom is -0.310 e. The maximum absolute atomic E-state index is 2.64. The topological polar surface area (TPSA) is 4.93 Å². The molecule has 1 aromatic heterocycles. The molecule has 0 radical (unpaired) electrons. The molecule has 3 heterocycles. The molecule has 3 heteroatoms. The molecule has 0 saturated carbocycles. The Balaban J connectivity index is 1.50. The highest BCUT2D eigenvalue weighted by Crippen LogP contribution is 2.43. The second kappa shape index (κ2) is 9.42. The monoisotopic (exact) mass is 603 g/mol. The Morgan fingerprint density at radius 1 is 0.533 bits per heavy atom. The molecule has 2 aliphatic rings. The Bertz CT molecular complexity index is 2180. The molecule has 8 rings (SSSR count). The van der Waals surface area contributed by atoms with Crippen LogP contribution in [-0.2, 0) is 16.2 Å². The zero-order valence-corrected chi connectivity index (χ0v) is 28.9. The van der Waals surface area contributed by atoms with E-state index >= 15 is 0 Å². The first-order chi connectivity index (χ1) is 21.2. The van der Waals surface area contributed by atoms with Gasteiger partial charge in [-0.15, -0.1) is 0 Å². The number of aromatic nitrogens is 1. The predicted octanol–water partition coefficient (Wildman–Crippen LogP) is 9.64. The Morgan fingerprint density at radius 2 is 1.16 bits per heavy atom. The number of fused-ring (bicyclic) bond motifs is 7. The highest BCUT2D eigenvalue weighted by molar-refractivity contribution is 8.00. The Hall–Kier alpha value is -3.69. The van der Waals surface area contributed by atoms with Gasteiger partial charge in [0.2, 0.25) is 6.71 Å². The van der Waals surface area contributed by atoms with E-state index in [1.54, 1.807) is 0 Å². The second-order valence-electron chi connectivity index (χ2n) is 16.3. The third-order valence-electron chi connectivity index (χ3n) is 10.1. The molecule has 2 aliphatic heterocycles. The first-order valence-electron chi connectivity index (χ1n) is 16.4. The molecule has 0 aliphatic carbocycles. The zero-order valence-electron chi connectivity index (χ0n) is 28.1. The molecule has 0 atom stereocenters. The molecule has 224 valence electrons. The van der Waals surface area contributed by atoms with Crippen LogP contribution < -0.4 is 16.4 Å². The average molecular weight is 604 g/mol. The van der Waals surface area contributed by atoms with Gasteiger partial charge in [-0.05, 0) is 67.6 Å². The normalized spacial score (nSPS) is 14.2. The molecule has 1 nitrogen and oxygen atoms in total. The van der Waals surface area contributed by atoms with E-state index in [0.29, 0.717) is 0 Å². The fourth-order valence-corrected chi connectivity index (χ4v) is 8.72. The fourth-order valence-electron chi connectivity index (χ4n) is 7.53. The summed E-state index contributed by atoms with van der Waals surface area (Å²) in [6.07, 6.45) is 0. The van der Waals surface area contributed by atoms with Crippen LogP contribution >= 0.6 is 11.8 Å². The van der Waals surface area contributed by atoms with E-state index in [4.69, 9.17) is 0 Å². The SMILES string of the molecule is CC(C)(C)c1ccc(-c2cccc3c4cccc5c4n(c23)-c2cc(C(C)(C)C)cc3c2B5c2cc(C(C)(C)C)ccc2S3)cc1. The van der Waals surface area contributed by atoms with E-state index in [1.807, 2.05) is 11.8 Å². The number of benzene rings is 5. The maximum Gasteiger partial charge on any atom is 0.249 e. The molecule has 0 saturated heterocycles. The van der Waals surface area contributed by atoms with Gasteiger partial charge in [0.1, 0.15) is 0 Å². The third kappa shape index (κ3) is 4.30. The fraction of sp³-hybridized carbons (Fsp3) is 0.286. The minimum absolute atomic E-state index is 0.0304. The summed E-state index contributed by atoms with van der Waals surface area (Å²) < 4.78 is 2.64. The quantitative estimate of drug-likeness (QED) is 0.169. The van der Waals surface area contributed by atoms with Crippen molar-refractivity contribution >= 4 is 56.7 Å². The summed E-state index contributed by atoms with van der Waals surface area (Å²) in [6, 6.07) is 35.5. The number of hydrogen-bond acceptors (Lipinski definition) is 1. The molecule has 0 unspecified atom stereocenters. The molecular formula is C42H42BNS. The molecule has 0 bridgehead atoms. The zero-order chi connectivity index (χ0) is 31.6. The van der Waals surface area contributed by atoms with Crippen LogP contribution in [0.2, 0.25) is 0 Å². The summed E-state index contributed by atoms with van der Waals surface area (Å²) in [5.41, 5.74) is 15.3. The van der Waals surface area contributed by atoms with Gasteiger partial charge in [0.15, 0.2) is 0 Å². The first kappa shape index (κ1) is 28.8. The van der Waals surface area contributed by atoms with Gasteiger partial charge >= 0.3 is 0 Å². The second-order valence-corrected chi connectivity index (χ2v) is 17.4. The van der Waals surface area contributed by atoms with Crippen LogP contribution in [0.5, 0.6) is 0 Å². The molecule has 45 heavy (non-hydrogen) atoms. The Morgan fingerprint density at radius 3 is 1.82 bits per heavy atom. The van der Waals surface area contributed by atoms with Gasteiger partial charge in [0.25, 0.3) is 0 Å². The van der Waals surface area contributed by atoms with Gasteiger partial charge in [-0.25, -0.2) is 0 Å². The lowest BCUT2D eigenvalue weighted by atomic mass is 9.35. The van der Waals surface area contributed by atoms with Gasteiger partial charge in [-0.2, -0.15) is 0 Å². The highest BCUT2D eigenvalue weighted by atomic mass is 32.2. The van der Waals surface area contributed by atoms with E-state index in [9.17, 15) is 0 Å². The number of para-hydroxylation sites is 2. The van der Waals surface area contributed by atoms with Crippen LogP contribution in [0, 0.1) is 0 Å². The van der Waals surface area contributed by atoms with Crippen molar-refractivity contribution in [3.8, 4) is 16.8 Å². The van der Waals surface area contributed by atoms with Crippen molar-refractivity contribution in [1.82, 2.24) is 4.57 Å². The van der Waals surface area contributed by atoms with Crippen molar-refractivity contribution in [2.24, 2.45) is 0 Å². The van der Waals surface area contributed by atoms with E-state index in [-0.39, 0.29) is 23.0 Å². The number of rotatable bonds is 1. The summed E-state index contributed by atoms with van der Waals surface area (Å²) in [5.74, 6) is 0. The van der Waals surface area contributed by atoms with Crippen LogP contribution in [0.4, 0.5) is 0 Å². The van der Waals surface area contributed by atoms with Gasteiger partial charge in [0, 0.05) is 37.3 Å². The van der Waals surface area contributed by atoms with Crippen molar-refractivity contribution in [2.45, 2.75) is 88.3 Å². The van der Waals surface area contributed by atoms with Gasteiger partial charge in [-0.1, -0.05) is 152 Å². The number of hydrogen-bond donors (Lipinski definition) is 0. The summed E-state index contributed by atoms with van der Waals surface area (Å²) in [4.78, 5) is 2.79. The largest absolute Gasteiger partial charge is 0.310 e. The van der Waals surface area contributed by atoms with Crippen molar-refractivity contribution in [3.63, 3.8) is 0 Å². The highest BCUT2D eigenvalue weighted by Gasteiger charge is 2.41. The van der Waals surface area contributed by atoms with E-state index < -0.39 is 0 Å². The van der Waals surface area contributed by atoms with Crippen LogP contribution in [0.1, 0.15) is 79.0 Å². The molecule has 0 N–H and O–H groups in total. The summed E-state index contributed by atoms with van der Waals surface area (Å²) in [5, 5.41) is 2.67. The standard InChI is InChI=1S/C42H42BNS/c1-40(2,3)26-18-16-25(17-19-26)29-12-10-13-30-31-14-11-15-32-39(31)44(38(29)30)34-23-28(42(7,8)9)24-36-37(34)43(32)33-22-27(41(4,5)6)20-21-35(33)45-36/h10-24H,1-9H3. The van der Waals surface area contributed by atoms with Crippen LogP contribution in [0.3, 0.4) is 0 Å².